The molecule has 0 saturated carbocycles. The number of ether oxygens (including phenoxy) is 2. The Morgan fingerprint density at radius 3 is 2.41 bits per heavy atom. The number of aromatic nitrogens is 2. The first-order valence-corrected chi connectivity index (χ1v) is 16.3. The topological polar surface area (TPSA) is 88.1 Å². The lowest BCUT2D eigenvalue weighted by molar-refractivity contribution is -0.149. The van der Waals surface area contributed by atoms with Gasteiger partial charge in [0.05, 0.1) is 30.4 Å². The molecule has 0 bridgehead atoms. The molecule has 2 saturated heterocycles. The molecule has 1 atom stereocenters. The van der Waals surface area contributed by atoms with Crippen LogP contribution in [-0.2, 0) is 32.8 Å². The van der Waals surface area contributed by atoms with Gasteiger partial charge < -0.3 is 24.2 Å². The van der Waals surface area contributed by atoms with E-state index in [1.54, 1.807) is 25.0 Å². The molecule has 246 valence electrons. The molecule has 3 heterocycles. The van der Waals surface area contributed by atoms with Crippen molar-refractivity contribution in [2.45, 2.75) is 43.5 Å². The van der Waals surface area contributed by atoms with Crippen molar-refractivity contribution in [2.75, 3.05) is 62.8 Å². The van der Waals surface area contributed by atoms with E-state index in [0.29, 0.717) is 74.6 Å². The number of alkyl halides is 3. The first-order valence-electron chi connectivity index (χ1n) is 15.4. The van der Waals surface area contributed by atoms with Gasteiger partial charge in [-0.2, -0.15) is 13.2 Å². The van der Waals surface area contributed by atoms with Crippen molar-refractivity contribution < 1.29 is 32.2 Å². The van der Waals surface area contributed by atoms with Gasteiger partial charge in [0.25, 0.3) is 5.91 Å². The van der Waals surface area contributed by atoms with Gasteiger partial charge in [0.2, 0.25) is 0 Å². The quantitative estimate of drug-likeness (QED) is 0.155. The van der Waals surface area contributed by atoms with Crippen LogP contribution >= 0.6 is 11.8 Å². The molecule has 3 aromatic rings. The number of halogens is 3. The van der Waals surface area contributed by atoms with Crippen molar-refractivity contribution in [2.24, 2.45) is 5.92 Å². The number of hydrogen-bond donors (Lipinski definition) is 0. The van der Waals surface area contributed by atoms with E-state index in [0.717, 1.165) is 36.0 Å². The highest BCUT2D eigenvalue weighted by Crippen LogP contribution is 2.32. The number of methoxy groups -OCH3 is 1. The maximum Gasteiger partial charge on any atom is 0.416 e. The van der Waals surface area contributed by atoms with Gasteiger partial charge in [0.1, 0.15) is 5.82 Å². The molecule has 46 heavy (non-hydrogen) atoms. The molecule has 0 N–H and O–H groups in total. The molecule has 1 unspecified atom stereocenters. The number of piperidine rings is 1. The normalized spacial score (nSPS) is 17.2. The van der Waals surface area contributed by atoms with Gasteiger partial charge in [-0.3, -0.25) is 9.59 Å². The highest BCUT2D eigenvalue weighted by atomic mass is 32.2. The van der Waals surface area contributed by atoms with Crippen LogP contribution in [0.2, 0.25) is 0 Å². The van der Waals surface area contributed by atoms with Gasteiger partial charge in [-0.05, 0) is 55.7 Å². The van der Waals surface area contributed by atoms with Crippen molar-refractivity contribution in [3.8, 4) is 0 Å². The minimum absolute atomic E-state index is 0.0957. The summed E-state index contributed by atoms with van der Waals surface area (Å²) in [5.41, 5.74) is 2.21. The number of amides is 1. The number of benzene rings is 2. The Morgan fingerprint density at radius 1 is 0.978 bits per heavy atom. The Hall–Kier alpha value is -3.84. The van der Waals surface area contributed by atoms with E-state index < -0.39 is 11.7 Å². The number of carbonyl (C=O) groups is 2. The molecule has 13 heteroatoms. The fourth-order valence-electron chi connectivity index (χ4n) is 5.67. The summed E-state index contributed by atoms with van der Waals surface area (Å²) in [6.07, 6.45) is -2.89. The standard InChI is InChI=1S/C33H38F3N5O4S/c1-3-45-31(43)25-6-5-13-41(20-25)30(42)24-11-9-23(10-12-24)22-46-32-37-27(21-44-2)19-29(38-32)40-16-14-39(15-17-40)28-8-4-7-26(18-28)33(34,35)36/h4,7-12,18-19,25H,3,5-6,13-17,20-22H2,1-2H3. The van der Waals surface area contributed by atoms with Crippen molar-refractivity contribution in [1.82, 2.24) is 14.9 Å². The fraction of sp³-hybridized carbons (Fsp3) is 0.455. The summed E-state index contributed by atoms with van der Waals surface area (Å²) in [4.78, 5) is 40.6. The average Bonchev–Trinajstić information content (AvgIpc) is 3.07. The van der Waals surface area contributed by atoms with Crippen molar-refractivity contribution in [3.05, 3.63) is 77.0 Å². The summed E-state index contributed by atoms with van der Waals surface area (Å²) >= 11 is 1.48. The van der Waals surface area contributed by atoms with E-state index in [1.807, 2.05) is 35.2 Å². The second-order valence-corrected chi connectivity index (χ2v) is 12.2. The number of anilines is 2. The second-order valence-electron chi connectivity index (χ2n) is 11.3. The molecule has 0 radical (unpaired) electrons. The highest BCUT2D eigenvalue weighted by molar-refractivity contribution is 7.98. The third kappa shape index (κ3) is 8.49. The predicted molar refractivity (Wildman–Crippen MR) is 170 cm³/mol. The third-order valence-electron chi connectivity index (χ3n) is 8.08. The number of piperazine rings is 1. The van der Waals surface area contributed by atoms with Crippen LogP contribution in [-0.4, -0.2) is 79.7 Å². The Labute approximate surface area is 271 Å². The van der Waals surface area contributed by atoms with Gasteiger partial charge in [-0.1, -0.05) is 30.0 Å². The predicted octanol–water partition coefficient (Wildman–Crippen LogP) is 5.68. The summed E-state index contributed by atoms with van der Waals surface area (Å²) < 4.78 is 50.2. The van der Waals surface area contributed by atoms with Crippen LogP contribution in [0.15, 0.2) is 59.8 Å². The zero-order valence-electron chi connectivity index (χ0n) is 26.0. The summed E-state index contributed by atoms with van der Waals surface area (Å²) in [6.45, 7) is 5.71. The third-order valence-corrected chi connectivity index (χ3v) is 9.00. The lowest BCUT2D eigenvalue weighted by atomic mass is 9.97. The fourth-order valence-corrected chi connectivity index (χ4v) is 6.50. The maximum atomic E-state index is 13.2. The van der Waals surface area contributed by atoms with Crippen LogP contribution in [0.25, 0.3) is 0 Å². The number of carbonyl (C=O) groups excluding carboxylic acids is 2. The lowest BCUT2D eigenvalue weighted by Crippen LogP contribution is -2.47. The van der Waals surface area contributed by atoms with Gasteiger partial charge >= 0.3 is 12.1 Å². The number of hydrogen-bond acceptors (Lipinski definition) is 9. The molecular weight excluding hydrogens is 619 g/mol. The van der Waals surface area contributed by atoms with E-state index >= 15 is 0 Å². The molecule has 1 aromatic heterocycles. The first kappa shape index (κ1) is 33.5. The lowest BCUT2D eigenvalue weighted by Gasteiger charge is -2.37. The van der Waals surface area contributed by atoms with E-state index in [-0.39, 0.29) is 17.8 Å². The Bertz CT molecular complexity index is 1500. The van der Waals surface area contributed by atoms with Crippen LogP contribution in [0.4, 0.5) is 24.7 Å². The molecule has 1 amide bonds. The Kier molecular flexibility index (Phi) is 11.1. The average molecular weight is 658 g/mol. The van der Waals surface area contributed by atoms with Crippen molar-refractivity contribution >= 4 is 35.1 Å². The van der Waals surface area contributed by atoms with Gasteiger partial charge in [0, 0.05) is 69.4 Å². The van der Waals surface area contributed by atoms with Gasteiger partial charge in [-0.15, -0.1) is 0 Å². The molecule has 2 aliphatic rings. The number of nitrogens with zero attached hydrogens (tertiary/aromatic N) is 5. The molecule has 5 rings (SSSR count). The zero-order chi connectivity index (χ0) is 32.7. The maximum absolute atomic E-state index is 13.2. The van der Waals surface area contributed by atoms with Crippen molar-refractivity contribution in [1.29, 1.82) is 0 Å². The summed E-state index contributed by atoms with van der Waals surface area (Å²) in [5, 5.41) is 0.586. The van der Waals surface area contributed by atoms with Crippen LogP contribution in [0.3, 0.4) is 0 Å². The summed E-state index contributed by atoms with van der Waals surface area (Å²) in [7, 11) is 1.60. The Morgan fingerprint density at radius 2 is 1.72 bits per heavy atom. The molecule has 0 aliphatic carbocycles. The van der Waals surface area contributed by atoms with Crippen molar-refractivity contribution in [3.63, 3.8) is 0 Å². The van der Waals surface area contributed by atoms with Gasteiger partial charge in [0.15, 0.2) is 5.16 Å². The summed E-state index contributed by atoms with van der Waals surface area (Å²) in [6, 6.07) is 14.8. The van der Waals surface area contributed by atoms with E-state index in [2.05, 4.69) is 9.88 Å². The van der Waals surface area contributed by atoms with E-state index in [9.17, 15) is 22.8 Å². The van der Waals surface area contributed by atoms with E-state index in [4.69, 9.17) is 14.5 Å². The highest BCUT2D eigenvalue weighted by Gasteiger charge is 2.32. The monoisotopic (exact) mass is 657 g/mol. The zero-order valence-corrected chi connectivity index (χ0v) is 26.8. The molecule has 9 nitrogen and oxygen atoms in total. The van der Waals surface area contributed by atoms with E-state index in [1.165, 1.54) is 23.9 Å². The molecule has 2 fully saturated rings. The molecule has 0 spiro atoms. The number of likely N-dealkylation sites (tertiary alicyclic amines) is 1. The first-order chi connectivity index (χ1) is 22.1. The number of thioether (sulfide) groups is 1. The smallest absolute Gasteiger partial charge is 0.416 e. The minimum Gasteiger partial charge on any atom is -0.466 e. The van der Waals surface area contributed by atoms with Gasteiger partial charge in [-0.25, -0.2) is 9.97 Å². The largest absolute Gasteiger partial charge is 0.466 e. The number of esters is 1. The molecular formula is C33H38F3N5O4S. The molecule has 2 aromatic carbocycles. The minimum atomic E-state index is -4.38. The van der Waals surface area contributed by atoms with Crippen LogP contribution < -0.4 is 9.80 Å². The number of rotatable bonds is 10. The van der Waals surface area contributed by atoms with Crippen LogP contribution in [0.1, 0.15) is 46.9 Å². The summed E-state index contributed by atoms with van der Waals surface area (Å²) in [5.74, 6) is 0.705. The Balaban J connectivity index is 1.19. The SMILES string of the molecule is CCOC(=O)C1CCCN(C(=O)c2ccc(CSc3nc(COC)cc(N4CCN(c5cccc(C(F)(F)F)c5)CC4)n3)cc2)C1. The van der Waals surface area contributed by atoms with Crippen LogP contribution in [0.5, 0.6) is 0 Å². The second kappa shape index (κ2) is 15.2. The van der Waals surface area contributed by atoms with Crippen LogP contribution in [0, 0.1) is 5.92 Å². The molecule has 2 aliphatic heterocycles.